The van der Waals surface area contributed by atoms with Gasteiger partial charge in [-0.3, -0.25) is 0 Å². The van der Waals surface area contributed by atoms with Crippen LogP contribution in [0.5, 0.6) is 0 Å². The number of nitrogens with zero attached hydrogens (tertiary/aromatic N) is 1. The van der Waals surface area contributed by atoms with Crippen LogP contribution >= 0.6 is 0 Å². The molecule has 0 amide bonds. The molecule has 2 heterocycles. The van der Waals surface area contributed by atoms with Gasteiger partial charge in [0.15, 0.2) is 11.4 Å². The molecule has 0 saturated carbocycles. The van der Waals surface area contributed by atoms with Crippen molar-refractivity contribution in [1.29, 1.82) is 0 Å². The maximum absolute atomic E-state index is 3.85. The third-order valence-electron chi connectivity index (χ3n) is 4.69. The molecule has 0 bridgehead atoms. The minimum Gasteiger partial charge on any atom is -0.200 e. The van der Waals surface area contributed by atoms with Crippen molar-refractivity contribution in [3.8, 4) is 0 Å². The average molecular weight is 272 g/mol. The van der Waals surface area contributed by atoms with Gasteiger partial charge in [0.25, 0.3) is 0 Å². The van der Waals surface area contributed by atoms with Crippen molar-refractivity contribution in [3.05, 3.63) is 41.7 Å². The molecular weight excluding hydrogens is 242 g/mol. The van der Waals surface area contributed by atoms with Crippen LogP contribution in [-0.2, 0) is 19.4 Å². The van der Waals surface area contributed by atoms with E-state index in [0.717, 1.165) is 0 Å². The highest BCUT2D eigenvalue weighted by Gasteiger charge is 2.24. The van der Waals surface area contributed by atoms with Gasteiger partial charge >= 0.3 is 0 Å². The summed E-state index contributed by atoms with van der Waals surface area (Å²) in [6.07, 6.45) is 12.7. The highest BCUT2D eigenvalue weighted by atomic mass is 15.0. The van der Waals surface area contributed by atoms with E-state index in [1.54, 1.807) is 11.4 Å². The monoisotopic (exact) mass is 272 g/mol. The number of unbranched alkanes of at least 4 members (excludes halogenated alkanes) is 3. The number of rotatable bonds is 8. The van der Waals surface area contributed by atoms with Crippen LogP contribution in [0.4, 0.5) is 0 Å². The number of pyridine rings is 1. The summed E-state index contributed by atoms with van der Waals surface area (Å²) < 4.78 is 2.58. The lowest BCUT2D eigenvalue weighted by molar-refractivity contribution is -0.698. The van der Waals surface area contributed by atoms with Crippen LogP contribution < -0.4 is 4.57 Å². The molecule has 20 heavy (non-hydrogen) atoms. The van der Waals surface area contributed by atoms with Gasteiger partial charge < -0.3 is 0 Å². The lowest BCUT2D eigenvalue weighted by Gasteiger charge is -2.06. The Hall–Kier alpha value is -1.11. The fourth-order valence-electron chi connectivity index (χ4n) is 3.27. The Balaban J connectivity index is 1.73. The van der Waals surface area contributed by atoms with E-state index in [1.807, 2.05) is 0 Å². The first-order chi connectivity index (χ1) is 9.72. The van der Waals surface area contributed by atoms with Crippen molar-refractivity contribution in [2.24, 2.45) is 5.92 Å². The molecule has 1 aliphatic heterocycles. The summed E-state index contributed by atoms with van der Waals surface area (Å²) in [4.78, 5) is 0. The second kappa shape index (κ2) is 7.61. The van der Waals surface area contributed by atoms with E-state index < -0.39 is 0 Å². The predicted molar refractivity (Wildman–Crippen MR) is 85.8 cm³/mol. The van der Waals surface area contributed by atoms with Gasteiger partial charge in [-0.25, -0.2) is 0 Å². The molecule has 0 saturated heterocycles. The first-order valence-corrected chi connectivity index (χ1v) is 8.36. The van der Waals surface area contributed by atoms with Gasteiger partial charge in [0.05, 0.1) is 0 Å². The first kappa shape index (κ1) is 15.3. The third-order valence-corrected chi connectivity index (χ3v) is 4.69. The lowest BCUT2D eigenvalue weighted by atomic mass is 10.0. The Bertz CT molecular complexity index is 447. The van der Waals surface area contributed by atoms with Crippen LogP contribution in [0.2, 0.25) is 0 Å². The van der Waals surface area contributed by atoms with Crippen LogP contribution in [0, 0.1) is 12.8 Å². The summed E-state index contributed by atoms with van der Waals surface area (Å²) >= 11 is 0. The first-order valence-electron chi connectivity index (χ1n) is 8.36. The van der Waals surface area contributed by atoms with Crippen molar-refractivity contribution in [3.63, 3.8) is 0 Å². The van der Waals surface area contributed by atoms with Crippen molar-refractivity contribution in [2.75, 3.05) is 0 Å². The fraction of sp³-hybridized carbons (Fsp3) is 0.632. The smallest absolute Gasteiger partial charge is 0.184 e. The van der Waals surface area contributed by atoms with Crippen LogP contribution in [0.3, 0.4) is 0 Å². The number of hydrogen-bond acceptors (Lipinski definition) is 0. The van der Waals surface area contributed by atoms with Gasteiger partial charge in [-0.05, 0) is 31.7 Å². The van der Waals surface area contributed by atoms with Crippen molar-refractivity contribution in [2.45, 2.75) is 71.8 Å². The molecule has 1 atom stereocenters. The van der Waals surface area contributed by atoms with E-state index in [2.05, 4.69) is 43.2 Å². The van der Waals surface area contributed by atoms with Crippen LogP contribution in [-0.4, -0.2) is 0 Å². The zero-order valence-corrected chi connectivity index (χ0v) is 13.3. The largest absolute Gasteiger partial charge is 0.200 e. The molecule has 0 spiro atoms. The second-order valence-electron chi connectivity index (χ2n) is 6.38. The predicted octanol–water partition coefficient (Wildman–Crippen LogP) is 4.54. The Kier molecular flexibility index (Phi) is 5.82. The lowest BCUT2D eigenvalue weighted by Crippen LogP contribution is -2.38. The van der Waals surface area contributed by atoms with E-state index in [0.29, 0.717) is 5.92 Å². The maximum Gasteiger partial charge on any atom is 0.184 e. The molecule has 0 fully saturated rings. The Labute approximate surface area is 124 Å². The Morgan fingerprint density at radius 2 is 2.05 bits per heavy atom. The molecule has 0 radical (unpaired) electrons. The summed E-state index contributed by atoms with van der Waals surface area (Å²) in [5.74, 6) is 0.686. The number of aromatic nitrogens is 1. The van der Waals surface area contributed by atoms with Crippen LogP contribution in [0.1, 0.15) is 62.4 Å². The van der Waals surface area contributed by atoms with E-state index >= 15 is 0 Å². The molecule has 0 aliphatic carbocycles. The van der Waals surface area contributed by atoms with Gasteiger partial charge in [-0.15, -0.1) is 6.58 Å². The van der Waals surface area contributed by atoms with Crippen LogP contribution in [0.15, 0.2) is 24.8 Å². The number of aryl methyl sites for hydroxylation is 2. The Morgan fingerprint density at radius 1 is 1.25 bits per heavy atom. The zero-order chi connectivity index (χ0) is 14.4. The summed E-state index contributed by atoms with van der Waals surface area (Å²) in [5, 5.41) is 0. The Morgan fingerprint density at radius 3 is 2.85 bits per heavy atom. The quantitative estimate of drug-likeness (QED) is 0.371. The van der Waals surface area contributed by atoms with E-state index in [4.69, 9.17) is 0 Å². The SMILES string of the molecule is C=C[C@@H](C)CCCCCCc1ccc(C)c2[n+]1CCC2. The van der Waals surface area contributed by atoms with Gasteiger partial charge in [0.2, 0.25) is 0 Å². The van der Waals surface area contributed by atoms with Crippen molar-refractivity contribution in [1.82, 2.24) is 0 Å². The molecule has 1 aliphatic rings. The third kappa shape index (κ3) is 3.94. The number of hydrogen-bond donors (Lipinski definition) is 0. The highest BCUT2D eigenvalue weighted by molar-refractivity contribution is 5.17. The average Bonchev–Trinajstić information content (AvgIpc) is 2.95. The molecule has 2 rings (SSSR count). The molecule has 1 nitrogen and oxygen atoms in total. The highest BCUT2D eigenvalue weighted by Crippen LogP contribution is 2.16. The molecule has 1 aromatic heterocycles. The van der Waals surface area contributed by atoms with Crippen molar-refractivity contribution < 1.29 is 4.57 Å². The number of fused-ring (bicyclic) bond motifs is 1. The molecule has 0 aromatic carbocycles. The summed E-state index contributed by atoms with van der Waals surface area (Å²) in [6, 6.07) is 4.67. The van der Waals surface area contributed by atoms with Gasteiger partial charge in [0, 0.05) is 30.9 Å². The fourth-order valence-corrected chi connectivity index (χ4v) is 3.27. The van der Waals surface area contributed by atoms with E-state index in [9.17, 15) is 0 Å². The molecule has 110 valence electrons. The summed E-state index contributed by atoms with van der Waals surface area (Å²) in [6.45, 7) is 9.61. The van der Waals surface area contributed by atoms with E-state index in [1.165, 1.54) is 63.5 Å². The molecule has 1 heteroatoms. The van der Waals surface area contributed by atoms with Gasteiger partial charge in [-0.2, -0.15) is 4.57 Å². The van der Waals surface area contributed by atoms with Crippen LogP contribution in [0.25, 0.3) is 0 Å². The molecule has 1 aromatic rings. The van der Waals surface area contributed by atoms with Crippen molar-refractivity contribution >= 4 is 0 Å². The summed E-state index contributed by atoms with van der Waals surface area (Å²) in [7, 11) is 0. The van der Waals surface area contributed by atoms with E-state index in [-0.39, 0.29) is 0 Å². The molecular formula is C19H30N+. The standard InChI is InChI=1S/C19H30N/c1-4-16(2)10-7-5-6-8-11-18-14-13-17(3)19-12-9-15-20(18)19/h4,13-14,16H,1,5-12,15H2,2-3H3/q+1/t16-/m1/s1. The molecule has 0 unspecified atom stereocenters. The minimum atomic E-state index is 0.686. The summed E-state index contributed by atoms with van der Waals surface area (Å²) in [5.41, 5.74) is 4.62. The minimum absolute atomic E-state index is 0.686. The zero-order valence-electron chi connectivity index (χ0n) is 13.3. The van der Waals surface area contributed by atoms with Gasteiger partial charge in [-0.1, -0.05) is 32.3 Å². The topological polar surface area (TPSA) is 3.88 Å². The van der Waals surface area contributed by atoms with Gasteiger partial charge in [0.1, 0.15) is 6.54 Å². The maximum atomic E-state index is 3.85. The normalized spacial score (nSPS) is 15.1. The number of allylic oxidation sites excluding steroid dienone is 1. The molecule has 0 N–H and O–H groups in total. The second-order valence-corrected chi connectivity index (χ2v) is 6.38.